The molecule has 0 aliphatic heterocycles. The topological polar surface area (TPSA) is 102 Å². The monoisotopic (exact) mass is 493 g/mol. The largest absolute Gasteiger partial charge is 0.464 e. The van der Waals surface area contributed by atoms with Crippen LogP contribution in [0.2, 0.25) is 5.02 Å². The van der Waals surface area contributed by atoms with Gasteiger partial charge in [0, 0.05) is 5.69 Å². The van der Waals surface area contributed by atoms with Crippen molar-refractivity contribution in [2.75, 3.05) is 12.5 Å². The van der Waals surface area contributed by atoms with Gasteiger partial charge >= 0.3 is 5.97 Å². The summed E-state index contributed by atoms with van der Waals surface area (Å²) >= 11 is 7.12. The van der Waals surface area contributed by atoms with Crippen LogP contribution in [0, 0.1) is 0 Å². The van der Waals surface area contributed by atoms with Gasteiger partial charge in [-0.1, -0.05) is 72.3 Å². The van der Waals surface area contributed by atoms with Gasteiger partial charge in [-0.3, -0.25) is 9.99 Å². The molecular weight excluding hydrogens is 474 g/mol. The summed E-state index contributed by atoms with van der Waals surface area (Å²) in [5, 5.41) is 24.5. The zero-order valence-corrected chi connectivity index (χ0v) is 19.6. The lowest BCUT2D eigenvalue weighted by Gasteiger charge is -2.14. The number of rotatable bonds is 6. The molecule has 1 aromatic heterocycles. The van der Waals surface area contributed by atoms with Gasteiger partial charge in [0.15, 0.2) is 5.82 Å². The lowest BCUT2D eigenvalue weighted by Crippen LogP contribution is -2.16. The van der Waals surface area contributed by atoms with E-state index >= 15 is 0 Å². The summed E-state index contributed by atoms with van der Waals surface area (Å²) in [6.07, 6.45) is -1.04. The molecule has 172 valence electrons. The van der Waals surface area contributed by atoms with E-state index in [1.165, 1.54) is 7.11 Å². The molecule has 8 nitrogen and oxygen atoms in total. The van der Waals surface area contributed by atoms with Crippen LogP contribution in [0.5, 0.6) is 0 Å². The summed E-state index contributed by atoms with van der Waals surface area (Å²) in [5.41, 5.74) is 4.68. The number of carbonyl (C=O) groups excluding carboxylic acids is 1. The van der Waals surface area contributed by atoms with E-state index in [0.29, 0.717) is 32.9 Å². The van der Waals surface area contributed by atoms with E-state index < -0.39 is 12.1 Å². The summed E-state index contributed by atoms with van der Waals surface area (Å²) in [6.45, 7) is 0. The number of ether oxygens (including phenoxy) is 1. The summed E-state index contributed by atoms with van der Waals surface area (Å²) in [7, 11) is 1.26. The normalized spacial score (nSPS) is 12.3. The maximum atomic E-state index is 12.5. The number of aromatic nitrogens is 3. The summed E-state index contributed by atoms with van der Waals surface area (Å²) in [6, 6.07) is 25.4. The Morgan fingerprint density at radius 1 is 1.03 bits per heavy atom. The smallest absolute Gasteiger partial charge is 0.365 e. The standard InChI is InChI=1S/C24H20ClN5O3S/c1-33-23(32)22(28-26-19-15-9-8-14-18(19)25)34-24-29-27-21(20(31)16-10-4-2-5-11-16)30(24)17-12-6-3-7-13-17/h2-15,20,26,31H,1H3/b28-22+. The van der Waals surface area contributed by atoms with Crippen LogP contribution >= 0.6 is 23.4 Å². The average Bonchev–Trinajstić information content (AvgIpc) is 3.31. The number of esters is 1. The Bertz CT molecular complexity index is 1300. The molecule has 10 heteroatoms. The van der Waals surface area contributed by atoms with Crippen LogP contribution < -0.4 is 5.43 Å². The first-order valence-corrected chi connectivity index (χ1v) is 11.4. The fourth-order valence-electron chi connectivity index (χ4n) is 3.08. The van der Waals surface area contributed by atoms with Crippen molar-refractivity contribution in [1.29, 1.82) is 0 Å². The van der Waals surface area contributed by atoms with Gasteiger partial charge < -0.3 is 9.84 Å². The van der Waals surface area contributed by atoms with Crippen LogP contribution in [0.15, 0.2) is 95.2 Å². The number of thioether (sulfide) groups is 1. The highest BCUT2D eigenvalue weighted by Gasteiger charge is 2.25. The minimum Gasteiger partial charge on any atom is -0.464 e. The number of nitrogens with one attached hydrogen (secondary N) is 1. The second-order valence-corrected chi connectivity index (χ2v) is 8.29. The molecule has 0 saturated carbocycles. The Labute approximate surface area is 205 Å². The first-order valence-electron chi connectivity index (χ1n) is 10.2. The van der Waals surface area contributed by atoms with Crippen molar-refractivity contribution >= 4 is 40.1 Å². The number of para-hydroxylation sites is 2. The molecule has 1 unspecified atom stereocenters. The molecule has 2 N–H and O–H groups in total. The van der Waals surface area contributed by atoms with Crippen molar-refractivity contribution in [3.05, 3.63) is 101 Å². The minimum atomic E-state index is -1.04. The van der Waals surface area contributed by atoms with Crippen molar-refractivity contribution < 1.29 is 14.6 Å². The minimum absolute atomic E-state index is 0.0206. The second-order valence-electron chi connectivity index (χ2n) is 6.93. The van der Waals surface area contributed by atoms with Gasteiger partial charge in [-0.2, -0.15) is 5.10 Å². The highest BCUT2D eigenvalue weighted by atomic mass is 35.5. The molecule has 0 spiro atoms. The number of hydrogen-bond donors (Lipinski definition) is 2. The van der Waals surface area contributed by atoms with Crippen molar-refractivity contribution in [1.82, 2.24) is 14.8 Å². The molecule has 34 heavy (non-hydrogen) atoms. The van der Waals surface area contributed by atoms with Gasteiger partial charge in [-0.15, -0.1) is 10.2 Å². The average molecular weight is 494 g/mol. The molecule has 0 aliphatic carbocycles. The van der Waals surface area contributed by atoms with Crippen molar-refractivity contribution in [2.45, 2.75) is 11.3 Å². The van der Waals surface area contributed by atoms with Gasteiger partial charge in [-0.25, -0.2) is 4.79 Å². The Kier molecular flexibility index (Phi) is 7.58. The van der Waals surface area contributed by atoms with Gasteiger partial charge in [0.05, 0.1) is 17.8 Å². The number of hydrazone groups is 1. The van der Waals surface area contributed by atoms with Gasteiger partial charge in [0.25, 0.3) is 0 Å². The van der Waals surface area contributed by atoms with E-state index in [2.05, 4.69) is 20.7 Å². The van der Waals surface area contributed by atoms with E-state index in [-0.39, 0.29) is 5.04 Å². The third kappa shape index (κ3) is 5.28. The number of nitrogens with zero attached hydrogens (tertiary/aromatic N) is 4. The van der Waals surface area contributed by atoms with Gasteiger partial charge in [-0.05, 0) is 41.6 Å². The number of carbonyl (C=O) groups is 1. The first-order chi connectivity index (χ1) is 16.6. The highest BCUT2D eigenvalue weighted by molar-refractivity contribution is 8.15. The molecule has 0 amide bonds. The van der Waals surface area contributed by atoms with Gasteiger partial charge in [0.2, 0.25) is 10.2 Å². The van der Waals surface area contributed by atoms with E-state index in [4.69, 9.17) is 16.3 Å². The second kappa shape index (κ2) is 11.0. The maximum absolute atomic E-state index is 12.5. The molecule has 4 aromatic rings. The molecule has 0 fully saturated rings. The van der Waals surface area contributed by atoms with E-state index in [0.717, 1.165) is 11.8 Å². The van der Waals surface area contributed by atoms with E-state index in [9.17, 15) is 9.90 Å². The van der Waals surface area contributed by atoms with Crippen molar-refractivity contribution in [3.8, 4) is 5.69 Å². The molecule has 0 aliphatic rings. The summed E-state index contributed by atoms with van der Waals surface area (Å²) < 4.78 is 6.58. The number of aliphatic hydroxyl groups excluding tert-OH is 1. The third-order valence-corrected chi connectivity index (χ3v) is 5.96. The number of halogens is 1. The Morgan fingerprint density at radius 2 is 1.68 bits per heavy atom. The van der Waals surface area contributed by atoms with E-state index in [1.54, 1.807) is 41.0 Å². The highest BCUT2D eigenvalue weighted by Crippen LogP contribution is 2.29. The molecule has 0 radical (unpaired) electrons. The summed E-state index contributed by atoms with van der Waals surface area (Å²) in [4.78, 5) is 12.5. The number of benzene rings is 3. The van der Waals surface area contributed by atoms with Gasteiger partial charge in [0.1, 0.15) is 6.10 Å². The molecule has 3 aromatic carbocycles. The van der Waals surface area contributed by atoms with Crippen molar-refractivity contribution in [3.63, 3.8) is 0 Å². The molecule has 4 rings (SSSR count). The number of anilines is 1. The zero-order chi connectivity index (χ0) is 23.9. The number of methoxy groups -OCH3 is 1. The third-order valence-electron chi connectivity index (χ3n) is 4.73. The maximum Gasteiger partial charge on any atom is 0.365 e. The molecule has 1 atom stereocenters. The predicted molar refractivity (Wildman–Crippen MR) is 132 cm³/mol. The van der Waals surface area contributed by atoms with Crippen LogP contribution in [-0.2, 0) is 9.53 Å². The number of hydrogen-bond acceptors (Lipinski definition) is 8. The lowest BCUT2D eigenvalue weighted by atomic mass is 10.1. The fourth-order valence-corrected chi connectivity index (χ4v) is 4.06. The SMILES string of the molecule is COC(=O)/C(=N\Nc1ccccc1Cl)Sc1nnc(C(O)c2ccccc2)n1-c1ccccc1. The lowest BCUT2D eigenvalue weighted by molar-refractivity contribution is -0.132. The molecule has 0 saturated heterocycles. The van der Waals surface area contributed by atoms with Crippen LogP contribution in [0.4, 0.5) is 5.69 Å². The Hall–Kier alpha value is -3.66. The van der Waals surface area contributed by atoms with Crippen LogP contribution in [0.1, 0.15) is 17.5 Å². The molecule has 1 heterocycles. The quantitative estimate of drug-likeness (QED) is 0.132. The van der Waals surface area contributed by atoms with Crippen LogP contribution in [0.25, 0.3) is 5.69 Å². The first kappa shape index (κ1) is 23.5. The van der Waals surface area contributed by atoms with Crippen molar-refractivity contribution in [2.24, 2.45) is 5.10 Å². The molecular formula is C24H20ClN5O3S. The zero-order valence-electron chi connectivity index (χ0n) is 18.0. The summed E-state index contributed by atoms with van der Waals surface area (Å²) in [5.74, 6) is -0.375. The number of aliphatic hydroxyl groups is 1. The van der Waals surface area contributed by atoms with Crippen LogP contribution in [0.3, 0.4) is 0 Å². The van der Waals surface area contributed by atoms with Crippen LogP contribution in [-0.4, -0.2) is 38.0 Å². The Morgan fingerprint density at radius 3 is 2.35 bits per heavy atom. The van der Waals surface area contributed by atoms with E-state index in [1.807, 2.05) is 48.5 Å². The predicted octanol–water partition coefficient (Wildman–Crippen LogP) is 4.69. The fraction of sp³-hybridized carbons (Fsp3) is 0.0833. The molecule has 0 bridgehead atoms. The Balaban J connectivity index is 1.73.